The number of benzene rings is 3. The molecule has 0 spiro atoms. The van der Waals surface area contributed by atoms with Gasteiger partial charge in [-0.25, -0.2) is 0 Å². The van der Waals surface area contributed by atoms with E-state index in [-0.39, 0.29) is 13.0 Å². The molecule has 5 heteroatoms. The molecule has 170 valence electrons. The lowest BCUT2D eigenvalue weighted by atomic mass is 9.98. The number of aliphatic carboxylic acids is 1. The first-order valence-electron chi connectivity index (χ1n) is 11.4. The molecule has 3 aromatic carbocycles. The van der Waals surface area contributed by atoms with E-state index in [1.807, 2.05) is 24.3 Å². The van der Waals surface area contributed by atoms with Gasteiger partial charge in [-0.1, -0.05) is 48.2 Å². The van der Waals surface area contributed by atoms with Gasteiger partial charge in [-0.05, 0) is 53.8 Å². The van der Waals surface area contributed by atoms with Gasteiger partial charge in [-0.2, -0.15) is 0 Å². The highest BCUT2D eigenvalue weighted by molar-refractivity contribution is 5.91. The number of fused-ring (bicyclic) bond motifs is 1. The van der Waals surface area contributed by atoms with Crippen LogP contribution in [-0.2, 0) is 24.4 Å². The third-order valence-electron chi connectivity index (χ3n) is 5.94. The van der Waals surface area contributed by atoms with Gasteiger partial charge in [0.15, 0.2) is 0 Å². The van der Waals surface area contributed by atoms with Crippen LogP contribution in [0.15, 0.2) is 71.3 Å². The average Bonchev–Trinajstić information content (AvgIpc) is 3.59. The van der Waals surface area contributed by atoms with E-state index in [1.54, 1.807) is 18.4 Å². The Balaban J connectivity index is 1.53. The van der Waals surface area contributed by atoms with Crippen LogP contribution in [0, 0.1) is 17.8 Å². The fourth-order valence-electron chi connectivity index (χ4n) is 3.95. The van der Waals surface area contributed by atoms with Crippen LogP contribution in [-0.4, -0.2) is 11.1 Å². The van der Waals surface area contributed by atoms with E-state index in [4.69, 9.17) is 14.9 Å². The van der Waals surface area contributed by atoms with Crippen molar-refractivity contribution in [1.82, 2.24) is 0 Å². The molecule has 0 amide bonds. The van der Waals surface area contributed by atoms with Crippen LogP contribution in [0.4, 0.5) is 0 Å². The molecule has 5 rings (SSSR count). The Kier molecular flexibility index (Phi) is 6.07. The van der Waals surface area contributed by atoms with Crippen molar-refractivity contribution < 1.29 is 19.1 Å². The lowest BCUT2D eigenvalue weighted by Gasteiger charge is -2.10. The van der Waals surface area contributed by atoms with Crippen LogP contribution in [0.25, 0.3) is 22.1 Å². The molecule has 1 aromatic heterocycles. The van der Waals surface area contributed by atoms with Crippen LogP contribution in [0.1, 0.15) is 35.1 Å². The Hall–Kier alpha value is -4.01. The number of hydrogen-bond donors (Lipinski definition) is 2. The summed E-state index contributed by atoms with van der Waals surface area (Å²) in [6.07, 6.45) is 3.92. The van der Waals surface area contributed by atoms with Crippen LogP contribution in [0.2, 0.25) is 0 Å². The molecule has 0 unspecified atom stereocenters. The molecule has 0 atom stereocenters. The van der Waals surface area contributed by atoms with Crippen molar-refractivity contribution in [2.45, 2.75) is 32.4 Å². The Morgan fingerprint density at radius 1 is 1.06 bits per heavy atom. The van der Waals surface area contributed by atoms with Crippen molar-refractivity contribution in [3.8, 4) is 28.7 Å². The first-order chi connectivity index (χ1) is 16.6. The summed E-state index contributed by atoms with van der Waals surface area (Å²) in [5, 5.41) is 10.1. The predicted octanol–water partition coefficient (Wildman–Crippen LogP) is 5.53. The minimum atomic E-state index is -0.895. The van der Waals surface area contributed by atoms with E-state index in [0.717, 1.165) is 51.6 Å². The minimum Gasteiger partial charge on any atom is -0.488 e. The third-order valence-corrected chi connectivity index (χ3v) is 5.94. The van der Waals surface area contributed by atoms with Gasteiger partial charge in [0.25, 0.3) is 0 Å². The van der Waals surface area contributed by atoms with Crippen LogP contribution >= 0.6 is 0 Å². The van der Waals surface area contributed by atoms with Crippen molar-refractivity contribution in [2.75, 3.05) is 0 Å². The van der Waals surface area contributed by atoms with Gasteiger partial charge in [0.1, 0.15) is 17.9 Å². The highest BCUT2D eigenvalue weighted by Crippen LogP contribution is 2.33. The zero-order chi connectivity index (χ0) is 23.5. The summed E-state index contributed by atoms with van der Waals surface area (Å²) in [5.74, 6) is 6.81. The number of hydrogen-bond acceptors (Lipinski definition) is 4. The molecule has 1 heterocycles. The first kappa shape index (κ1) is 21.8. The molecule has 34 heavy (non-hydrogen) atoms. The minimum absolute atomic E-state index is 0.0924. The van der Waals surface area contributed by atoms with Crippen molar-refractivity contribution >= 4 is 16.9 Å². The highest BCUT2D eigenvalue weighted by Gasteiger charge is 2.19. The van der Waals surface area contributed by atoms with E-state index in [1.165, 1.54) is 0 Å². The second kappa shape index (κ2) is 9.46. The summed E-state index contributed by atoms with van der Waals surface area (Å²) in [7, 11) is 0. The molecule has 1 fully saturated rings. The number of carboxylic acid groups (broad SMARTS) is 1. The summed E-state index contributed by atoms with van der Waals surface area (Å²) in [4.78, 5) is 11.2. The fourth-order valence-corrected chi connectivity index (χ4v) is 3.95. The number of carboxylic acids is 1. The number of carbonyl (C=O) groups is 1. The summed E-state index contributed by atoms with van der Waals surface area (Å²) in [6.45, 7) is 0.733. The maximum absolute atomic E-state index is 11.2. The monoisotopic (exact) mass is 451 g/mol. The highest BCUT2D eigenvalue weighted by atomic mass is 16.5. The molecule has 0 aliphatic heterocycles. The molecule has 1 aliphatic rings. The number of furan rings is 1. The van der Waals surface area contributed by atoms with Gasteiger partial charge in [-0.3, -0.25) is 4.79 Å². The Morgan fingerprint density at radius 3 is 2.71 bits per heavy atom. The quantitative estimate of drug-likeness (QED) is 0.361. The van der Waals surface area contributed by atoms with E-state index < -0.39 is 5.97 Å². The third kappa shape index (κ3) is 4.83. The van der Waals surface area contributed by atoms with E-state index in [2.05, 4.69) is 36.1 Å². The summed E-state index contributed by atoms with van der Waals surface area (Å²) < 4.78 is 12.0. The van der Waals surface area contributed by atoms with Gasteiger partial charge in [-0.15, -0.1) is 0 Å². The van der Waals surface area contributed by atoms with Crippen molar-refractivity contribution in [1.29, 1.82) is 0 Å². The zero-order valence-corrected chi connectivity index (χ0v) is 18.7. The normalized spacial score (nSPS) is 12.9. The Morgan fingerprint density at radius 2 is 1.91 bits per heavy atom. The lowest BCUT2D eigenvalue weighted by molar-refractivity contribution is -0.136. The molecule has 0 bridgehead atoms. The molecular weight excluding hydrogens is 426 g/mol. The first-order valence-corrected chi connectivity index (χ1v) is 11.4. The largest absolute Gasteiger partial charge is 0.488 e. The molecule has 0 radical (unpaired) electrons. The van der Waals surface area contributed by atoms with E-state index in [9.17, 15) is 9.90 Å². The van der Waals surface area contributed by atoms with Crippen molar-refractivity contribution in [3.63, 3.8) is 0 Å². The maximum atomic E-state index is 11.2. The second-order valence-corrected chi connectivity index (χ2v) is 8.58. The van der Waals surface area contributed by atoms with Crippen LogP contribution in [0.3, 0.4) is 0 Å². The van der Waals surface area contributed by atoms with Gasteiger partial charge >= 0.3 is 5.97 Å². The molecule has 5 nitrogen and oxygen atoms in total. The molecular formula is C29H25NO4. The average molecular weight is 452 g/mol. The van der Waals surface area contributed by atoms with Gasteiger partial charge in [0.2, 0.25) is 0 Å². The predicted molar refractivity (Wildman–Crippen MR) is 131 cm³/mol. The number of rotatable bonds is 7. The second-order valence-electron chi connectivity index (χ2n) is 8.58. The Labute approximate surface area is 198 Å². The smallest absolute Gasteiger partial charge is 0.307 e. The SMILES string of the molecule is NCc1cccc(-c2cc(C#CC3CC3)c3occ(COc4ccccc4CC(=O)O)c3c2)c1. The lowest BCUT2D eigenvalue weighted by Crippen LogP contribution is -2.04. The standard InChI is InChI=1S/C29H25NO4/c30-16-20-4-3-6-21(12-20)24-13-23(11-10-19-8-9-19)29-26(14-24)25(18-34-29)17-33-27-7-2-1-5-22(27)15-28(31)32/h1-7,12-14,18-19H,8-9,15-17,30H2,(H,31,32). The van der Waals surface area contributed by atoms with Crippen molar-refractivity contribution in [2.24, 2.45) is 11.7 Å². The summed E-state index contributed by atoms with van der Waals surface area (Å²) in [6, 6.07) is 19.6. The number of para-hydroxylation sites is 1. The van der Waals surface area contributed by atoms with Gasteiger partial charge in [0, 0.05) is 29.0 Å². The van der Waals surface area contributed by atoms with Gasteiger partial charge < -0.3 is 20.0 Å². The molecule has 1 aliphatic carbocycles. The van der Waals surface area contributed by atoms with Crippen molar-refractivity contribution in [3.05, 3.63) is 89.2 Å². The van der Waals surface area contributed by atoms with E-state index in [0.29, 0.717) is 23.8 Å². The fraction of sp³-hybridized carbons (Fsp3) is 0.207. The summed E-state index contributed by atoms with van der Waals surface area (Å²) >= 11 is 0. The number of ether oxygens (including phenoxy) is 1. The molecule has 4 aromatic rings. The summed E-state index contributed by atoms with van der Waals surface area (Å²) in [5.41, 5.74) is 12.1. The zero-order valence-electron chi connectivity index (χ0n) is 18.7. The maximum Gasteiger partial charge on any atom is 0.307 e. The Bertz CT molecular complexity index is 1420. The van der Waals surface area contributed by atoms with Crippen LogP contribution in [0.5, 0.6) is 5.75 Å². The number of nitrogens with two attached hydrogens (primary N) is 1. The van der Waals surface area contributed by atoms with E-state index >= 15 is 0 Å². The van der Waals surface area contributed by atoms with Crippen LogP contribution < -0.4 is 10.5 Å². The molecule has 1 saturated carbocycles. The topological polar surface area (TPSA) is 85.7 Å². The molecule has 3 N–H and O–H groups in total. The van der Waals surface area contributed by atoms with Gasteiger partial charge in [0.05, 0.1) is 18.2 Å². The molecule has 0 saturated heterocycles.